The van der Waals surface area contributed by atoms with E-state index in [1.165, 1.54) is 103 Å². The van der Waals surface area contributed by atoms with Crippen LogP contribution in [0.15, 0.2) is 0 Å². The lowest BCUT2D eigenvalue weighted by Crippen LogP contribution is -2.30. The van der Waals surface area contributed by atoms with E-state index in [9.17, 15) is 0 Å². The molecular formula is C23H45B3. The molecule has 0 saturated heterocycles. The summed E-state index contributed by atoms with van der Waals surface area (Å²) in [6.45, 7) is 0. The van der Waals surface area contributed by atoms with Crippen molar-refractivity contribution in [1.29, 1.82) is 0 Å². The van der Waals surface area contributed by atoms with Crippen molar-refractivity contribution in [2.75, 3.05) is 0 Å². The highest BCUT2D eigenvalue weighted by Gasteiger charge is 2.54. The van der Waals surface area contributed by atoms with Crippen LogP contribution in [0.5, 0.6) is 0 Å². The Labute approximate surface area is 167 Å². The summed E-state index contributed by atoms with van der Waals surface area (Å²) in [5.74, 6) is 1.07. The van der Waals surface area contributed by atoms with E-state index in [0.717, 1.165) is 11.1 Å². The largest absolute Gasteiger partial charge is 0.109 e. The average Bonchev–Trinajstić information content (AvgIpc) is 3.39. The van der Waals surface area contributed by atoms with Crippen molar-refractivity contribution in [3.8, 4) is 0 Å². The fourth-order valence-electron chi connectivity index (χ4n) is 6.54. The van der Waals surface area contributed by atoms with E-state index in [1.54, 1.807) is 40.0 Å². The van der Waals surface area contributed by atoms with Gasteiger partial charge in [0, 0.05) is 0 Å². The molecule has 26 heavy (non-hydrogen) atoms. The molecule has 146 valence electrons. The van der Waals surface area contributed by atoms with Crippen LogP contribution in [0, 0.1) is 0 Å². The van der Waals surface area contributed by atoms with Gasteiger partial charge < -0.3 is 0 Å². The van der Waals surface area contributed by atoms with E-state index in [1.807, 2.05) is 0 Å². The highest BCUT2D eigenvalue weighted by Crippen LogP contribution is 2.71. The van der Waals surface area contributed by atoms with Crippen LogP contribution < -0.4 is 0 Å². The average molecular weight is 354 g/mol. The summed E-state index contributed by atoms with van der Waals surface area (Å²) >= 11 is 0. The zero-order valence-electron chi connectivity index (χ0n) is 18.1. The lowest BCUT2D eigenvalue weighted by molar-refractivity contribution is 0.386. The van der Waals surface area contributed by atoms with Crippen LogP contribution >= 0.6 is 0 Å². The topological polar surface area (TPSA) is 0 Å². The predicted molar refractivity (Wildman–Crippen MR) is 124 cm³/mol. The molecule has 0 aliphatic heterocycles. The Hall–Kier alpha value is 0.195. The molecule has 3 saturated carbocycles. The van der Waals surface area contributed by atoms with Gasteiger partial charge >= 0.3 is 0 Å². The fourth-order valence-corrected chi connectivity index (χ4v) is 6.54. The normalized spacial score (nSPS) is 28.6. The third kappa shape index (κ3) is 6.10. The van der Waals surface area contributed by atoms with E-state index in [0.29, 0.717) is 5.31 Å². The van der Waals surface area contributed by atoms with Crippen LogP contribution in [0.4, 0.5) is 0 Å². The van der Waals surface area contributed by atoms with Crippen molar-refractivity contribution in [3.05, 3.63) is 0 Å². The standard InChI is InChI=1S/C23H45B3/c24-22(17-13-9-4-2-1-3-5-10-14-18-22)23(19-20-23)26-25-21-15-11-7-6-8-12-16-21/h21,25-26H,1-20,24H2. The van der Waals surface area contributed by atoms with E-state index < -0.39 is 0 Å². The van der Waals surface area contributed by atoms with Gasteiger partial charge in [0.15, 0.2) is 0 Å². The minimum atomic E-state index is 0.674. The quantitative estimate of drug-likeness (QED) is 0.516. The summed E-state index contributed by atoms with van der Waals surface area (Å²) in [6.07, 6.45) is 30.5. The lowest BCUT2D eigenvalue weighted by atomic mass is 9.22. The van der Waals surface area contributed by atoms with E-state index in [-0.39, 0.29) is 0 Å². The Morgan fingerprint density at radius 3 is 1.42 bits per heavy atom. The Kier molecular flexibility index (Phi) is 8.58. The third-order valence-electron chi connectivity index (χ3n) is 8.85. The molecule has 0 spiro atoms. The van der Waals surface area contributed by atoms with Crippen molar-refractivity contribution in [3.63, 3.8) is 0 Å². The molecule has 0 aromatic rings. The predicted octanol–water partition coefficient (Wildman–Crippen LogP) is 6.36. The third-order valence-corrected chi connectivity index (χ3v) is 8.85. The highest BCUT2D eigenvalue weighted by molar-refractivity contribution is 7.03. The molecular weight excluding hydrogens is 309 g/mol. The molecule has 0 radical (unpaired) electrons. The fraction of sp³-hybridized carbons (Fsp3) is 1.00. The zero-order chi connectivity index (χ0) is 18.1. The summed E-state index contributed by atoms with van der Waals surface area (Å²) in [5.41, 5.74) is 0. The van der Waals surface area contributed by atoms with Gasteiger partial charge in [0.25, 0.3) is 0 Å². The molecule has 3 heteroatoms. The van der Waals surface area contributed by atoms with Crippen LogP contribution in [0.25, 0.3) is 0 Å². The minimum Gasteiger partial charge on any atom is -0.0733 e. The smallest absolute Gasteiger partial charge is 0.0733 e. The molecule has 0 nitrogen and oxygen atoms in total. The number of hydrogen-bond donors (Lipinski definition) is 0. The molecule has 0 unspecified atom stereocenters. The van der Waals surface area contributed by atoms with Gasteiger partial charge in [-0.05, 0) is 0 Å². The summed E-state index contributed by atoms with van der Waals surface area (Å²) < 4.78 is 0. The first kappa shape index (κ1) is 20.9. The Morgan fingerprint density at radius 2 is 0.962 bits per heavy atom. The van der Waals surface area contributed by atoms with Gasteiger partial charge in [-0.15, -0.1) is 0 Å². The van der Waals surface area contributed by atoms with E-state index in [4.69, 9.17) is 0 Å². The monoisotopic (exact) mass is 354 g/mol. The number of hydrogen-bond acceptors (Lipinski definition) is 0. The van der Waals surface area contributed by atoms with Crippen LogP contribution in [0.3, 0.4) is 0 Å². The van der Waals surface area contributed by atoms with Gasteiger partial charge in [0.05, 0.1) is 14.3 Å². The summed E-state index contributed by atoms with van der Waals surface area (Å²) in [4.78, 5) is 0. The van der Waals surface area contributed by atoms with Crippen molar-refractivity contribution >= 4 is 22.2 Å². The first-order valence-corrected chi connectivity index (χ1v) is 12.7. The second kappa shape index (κ2) is 10.7. The van der Waals surface area contributed by atoms with Gasteiger partial charge in [-0.3, -0.25) is 0 Å². The van der Waals surface area contributed by atoms with Gasteiger partial charge in [-0.2, -0.15) is 0 Å². The molecule has 3 aliphatic rings. The van der Waals surface area contributed by atoms with Crippen LogP contribution in [0.2, 0.25) is 16.4 Å². The van der Waals surface area contributed by atoms with Crippen molar-refractivity contribution in [2.45, 2.75) is 145 Å². The molecule has 0 heterocycles. The van der Waals surface area contributed by atoms with Crippen LogP contribution in [0.1, 0.15) is 128 Å². The SMILES string of the molecule is BC1(C2(BBC3CCCCCCC3)CC2)CCCCCCCCCCC1. The van der Waals surface area contributed by atoms with Gasteiger partial charge in [0.2, 0.25) is 0 Å². The molecule has 3 aliphatic carbocycles. The molecule has 0 aromatic carbocycles. The Morgan fingerprint density at radius 1 is 0.538 bits per heavy atom. The van der Waals surface area contributed by atoms with Crippen molar-refractivity contribution < 1.29 is 0 Å². The number of rotatable bonds is 4. The zero-order valence-corrected chi connectivity index (χ0v) is 18.1. The van der Waals surface area contributed by atoms with Crippen molar-refractivity contribution in [2.24, 2.45) is 0 Å². The highest BCUT2D eigenvalue weighted by atomic mass is 14.5. The summed E-state index contributed by atoms with van der Waals surface area (Å²) in [5, 5.41) is 1.44. The van der Waals surface area contributed by atoms with E-state index >= 15 is 0 Å². The molecule has 0 N–H and O–H groups in total. The maximum atomic E-state index is 2.73. The molecule has 0 bridgehead atoms. The Balaban J connectivity index is 1.53. The second-order valence-corrected chi connectivity index (χ2v) is 10.8. The molecule has 3 fully saturated rings. The molecule has 0 aromatic heterocycles. The second-order valence-electron chi connectivity index (χ2n) is 10.8. The van der Waals surface area contributed by atoms with Gasteiger partial charge in [0.1, 0.15) is 7.85 Å². The molecule has 0 atom stereocenters. The lowest BCUT2D eigenvalue weighted by Gasteiger charge is -2.40. The van der Waals surface area contributed by atoms with E-state index in [2.05, 4.69) is 7.85 Å². The Bertz CT molecular complexity index is 371. The van der Waals surface area contributed by atoms with Crippen LogP contribution in [-0.2, 0) is 0 Å². The summed E-state index contributed by atoms with van der Waals surface area (Å²) in [6, 6.07) is 0. The first-order valence-electron chi connectivity index (χ1n) is 12.7. The van der Waals surface area contributed by atoms with Crippen LogP contribution in [-0.4, -0.2) is 22.2 Å². The van der Waals surface area contributed by atoms with Gasteiger partial charge in [-0.1, -0.05) is 145 Å². The maximum absolute atomic E-state index is 2.73. The van der Waals surface area contributed by atoms with Gasteiger partial charge in [-0.25, -0.2) is 0 Å². The molecule has 0 amide bonds. The maximum Gasteiger partial charge on any atom is 0.109 e. The first-order chi connectivity index (χ1) is 12.7. The summed E-state index contributed by atoms with van der Waals surface area (Å²) in [7, 11) is 5.87. The minimum absolute atomic E-state index is 0.674. The molecule has 3 rings (SSSR count). The van der Waals surface area contributed by atoms with Crippen molar-refractivity contribution in [1.82, 2.24) is 0 Å².